The number of anilines is 1. The van der Waals surface area contributed by atoms with Crippen molar-refractivity contribution in [3.8, 4) is 0 Å². The zero-order chi connectivity index (χ0) is 22.1. The third-order valence-electron chi connectivity index (χ3n) is 6.84. The van der Waals surface area contributed by atoms with Crippen molar-refractivity contribution in [3.05, 3.63) is 64.5 Å². The van der Waals surface area contributed by atoms with Crippen LogP contribution in [0.3, 0.4) is 0 Å². The summed E-state index contributed by atoms with van der Waals surface area (Å²) in [6.45, 7) is 4.00. The van der Waals surface area contributed by atoms with Gasteiger partial charge in [-0.2, -0.15) is 0 Å². The molecular formula is C24H28N6O2. The number of nitrogens with zero attached hydrogens (tertiary/aromatic N) is 4. The SMILES string of the molecule is CNC(=O)c1ccc(N2CCC(N3CCC(c4cc5cccnc5c(=O)[nH]4)C3)CC2)cn1. The second-order valence-corrected chi connectivity index (χ2v) is 8.67. The minimum absolute atomic E-state index is 0.0964. The summed E-state index contributed by atoms with van der Waals surface area (Å²) in [4.78, 5) is 40.6. The normalized spacial score (nSPS) is 20.0. The number of pyridine rings is 3. The van der Waals surface area contributed by atoms with Crippen LogP contribution in [0.4, 0.5) is 5.69 Å². The molecule has 5 rings (SSSR count). The molecule has 3 aromatic heterocycles. The van der Waals surface area contributed by atoms with E-state index in [0.717, 1.165) is 62.2 Å². The van der Waals surface area contributed by atoms with Gasteiger partial charge in [0.05, 0.1) is 11.9 Å². The summed E-state index contributed by atoms with van der Waals surface area (Å²) in [6.07, 6.45) is 6.71. The molecule has 8 heteroatoms. The number of nitrogens with one attached hydrogen (secondary N) is 2. The van der Waals surface area contributed by atoms with Crippen LogP contribution in [0, 0.1) is 0 Å². The maximum absolute atomic E-state index is 12.4. The first-order chi connectivity index (χ1) is 15.6. The van der Waals surface area contributed by atoms with Crippen LogP contribution in [0.25, 0.3) is 10.9 Å². The molecule has 5 heterocycles. The van der Waals surface area contributed by atoms with Crippen LogP contribution in [0.2, 0.25) is 0 Å². The third kappa shape index (κ3) is 3.98. The second-order valence-electron chi connectivity index (χ2n) is 8.67. The van der Waals surface area contributed by atoms with Crippen LogP contribution >= 0.6 is 0 Å². The van der Waals surface area contributed by atoms with Gasteiger partial charge in [-0.1, -0.05) is 6.07 Å². The van der Waals surface area contributed by atoms with Gasteiger partial charge in [0.2, 0.25) is 0 Å². The lowest BCUT2D eigenvalue weighted by Gasteiger charge is -2.37. The maximum atomic E-state index is 12.4. The molecule has 8 nitrogen and oxygen atoms in total. The molecule has 0 aliphatic carbocycles. The zero-order valence-electron chi connectivity index (χ0n) is 18.3. The summed E-state index contributed by atoms with van der Waals surface area (Å²) in [5.41, 5.74) is 2.95. The highest BCUT2D eigenvalue weighted by molar-refractivity contribution is 5.92. The zero-order valence-corrected chi connectivity index (χ0v) is 18.3. The lowest BCUT2D eigenvalue weighted by atomic mass is 10.0. The summed E-state index contributed by atoms with van der Waals surface area (Å²) in [7, 11) is 1.61. The molecule has 3 aromatic rings. The van der Waals surface area contributed by atoms with E-state index in [-0.39, 0.29) is 11.5 Å². The largest absolute Gasteiger partial charge is 0.370 e. The second kappa shape index (κ2) is 8.70. The van der Waals surface area contributed by atoms with E-state index < -0.39 is 0 Å². The molecule has 32 heavy (non-hydrogen) atoms. The minimum Gasteiger partial charge on any atom is -0.370 e. The first-order valence-corrected chi connectivity index (χ1v) is 11.3. The number of carbonyl (C=O) groups is 1. The van der Waals surface area contributed by atoms with E-state index in [1.54, 1.807) is 25.5 Å². The molecule has 1 amide bonds. The van der Waals surface area contributed by atoms with Gasteiger partial charge in [0.15, 0.2) is 0 Å². The molecule has 0 aromatic carbocycles. The molecule has 166 valence electrons. The predicted octanol–water partition coefficient (Wildman–Crippen LogP) is 2.14. The lowest BCUT2D eigenvalue weighted by molar-refractivity contribution is 0.0958. The van der Waals surface area contributed by atoms with E-state index in [2.05, 4.69) is 36.1 Å². The first-order valence-electron chi connectivity index (χ1n) is 11.3. The molecule has 0 bridgehead atoms. The van der Waals surface area contributed by atoms with Crippen LogP contribution in [0.15, 0.2) is 47.5 Å². The predicted molar refractivity (Wildman–Crippen MR) is 124 cm³/mol. The number of hydrogen-bond acceptors (Lipinski definition) is 6. The van der Waals surface area contributed by atoms with Crippen molar-refractivity contribution in [1.29, 1.82) is 0 Å². The van der Waals surface area contributed by atoms with Crippen molar-refractivity contribution in [2.45, 2.75) is 31.2 Å². The molecule has 2 aliphatic heterocycles. The quantitative estimate of drug-likeness (QED) is 0.656. The average molecular weight is 433 g/mol. The Morgan fingerprint density at radius 2 is 1.97 bits per heavy atom. The smallest absolute Gasteiger partial charge is 0.274 e. The summed E-state index contributed by atoms with van der Waals surface area (Å²) >= 11 is 0. The lowest BCUT2D eigenvalue weighted by Crippen LogP contribution is -2.44. The number of hydrogen-bond donors (Lipinski definition) is 2. The Kier molecular flexibility index (Phi) is 5.61. The average Bonchev–Trinajstić information content (AvgIpc) is 3.34. The van der Waals surface area contributed by atoms with E-state index in [0.29, 0.717) is 23.2 Å². The van der Waals surface area contributed by atoms with E-state index >= 15 is 0 Å². The van der Waals surface area contributed by atoms with Gasteiger partial charge in [-0.15, -0.1) is 0 Å². The fraction of sp³-hybridized carbons (Fsp3) is 0.417. The van der Waals surface area contributed by atoms with Crippen LogP contribution in [0.5, 0.6) is 0 Å². The molecule has 2 aliphatic rings. The van der Waals surface area contributed by atoms with Crippen molar-refractivity contribution < 1.29 is 4.79 Å². The number of rotatable bonds is 4. The van der Waals surface area contributed by atoms with Crippen molar-refractivity contribution in [2.24, 2.45) is 0 Å². The fourth-order valence-corrected chi connectivity index (χ4v) is 5.04. The van der Waals surface area contributed by atoms with Crippen molar-refractivity contribution in [3.63, 3.8) is 0 Å². The molecule has 0 radical (unpaired) electrons. The standard InChI is InChI=1S/C24H28N6O2/c1-25-23(31)20-5-4-19(14-27-20)29-11-7-18(8-12-29)30-10-6-17(15-30)21-13-16-3-2-9-26-22(16)24(32)28-21/h2-5,9,13-14,17-18H,6-8,10-12,15H2,1H3,(H,25,31)(H,28,32). The Morgan fingerprint density at radius 1 is 1.12 bits per heavy atom. The Labute approximate surface area is 186 Å². The highest BCUT2D eigenvalue weighted by Gasteiger charge is 2.32. The molecule has 2 N–H and O–H groups in total. The maximum Gasteiger partial charge on any atom is 0.274 e. The van der Waals surface area contributed by atoms with Gasteiger partial charge in [-0.05, 0) is 50.1 Å². The van der Waals surface area contributed by atoms with Crippen molar-refractivity contribution >= 4 is 22.5 Å². The van der Waals surface area contributed by atoms with Gasteiger partial charge in [0, 0.05) is 55.9 Å². The molecule has 0 saturated carbocycles. The van der Waals surface area contributed by atoms with Gasteiger partial charge in [-0.25, -0.2) is 4.98 Å². The van der Waals surface area contributed by atoms with Crippen LogP contribution in [-0.2, 0) is 0 Å². The van der Waals surface area contributed by atoms with Gasteiger partial charge < -0.3 is 15.2 Å². The van der Waals surface area contributed by atoms with Gasteiger partial charge in [-0.3, -0.25) is 19.5 Å². The number of likely N-dealkylation sites (tertiary alicyclic amines) is 1. The molecular weight excluding hydrogens is 404 g/mol. The van der Waals surface area contributed by atoms with Crippen molar-refractivity contribution in [1.82, 2.24) is 25.2 Å². The summed E-state index contributed by atoms with van der Waals surface area (Å²) in [5, 5.41) is 3.51. The van der Waals surface area contributed by atoms with Gasteiger partial charge in [0.25, 0.3) is 11.5 Å². The number of fused-ring (bicyclic) bond motifs is 1. The van der Waals surface area contributed by atoms with Gasteiger partial charge in [0.1, 0.15) is 11.2 Å². The third-order valence-corrected chi connectivity index (χ3v) is 6.84. The fourth-order valence-electron chi connectivity index (χ4n) is 5.04. The number of H-pyrrole nitrogens is 1. The molecule has 2 fully saturated rings. The first kappa shape index (κ1) is 20.6. The molecule has 2 saturated heterocycles. The number of amides is 1. The number of aromatic amines is 1. The van der Waals surface area contributed by atoms with Crippen LogP contribution in [0.1, 0.15) is 41.4 Å². The topological polar surface area (TPSA) is 94.2 Å². The minimum atomic E-state index is -0.164. The number of carbonyl (C=O) groups excluding carboxylic acids is 1. The van der Waals surface area contributed by atoms with E-state index in [4.69, 9.17) is 0 Å². The van der Waals surface area contributed by atoms with Gasteiger partial charge >= 0.3 is 0 Å². The summed E-state index contributed by atoms with van der Waals surface area (Å²) in [5.74, 6) is 0.189. The summed E-state index contributed by atoms with van der Waals surface area (Å²) in [6, 6.07) is 10.3. The molecule has 1 unspecified atom stereocenters. The Hall–Kier alpha value is -3.26. The molecule has 0 spiro atoms. The Balaban J connectivity index is 1.20. The highest BCUT2D eigenvalue weighted by Crippen LogP contribution is 2.31. The van der Waals surface area contributed by atoms with Crippen LogP contribution < -0.4 is 15.8 Å². The monoisotopic (exact) mass is 432 g/mol. The number of aromatic nitrogens is 3. The van der Waals surface area contributed by atoms with E-state index in [9.17, 15) is 9.59 Å². The number of piperidine rings is 1. The van der Waals surface area contributed by atoms with E-state index in [1.807, 2.05) is 18.2 Å². The van der Waals surface area contributed by atoms with Crippen molar-refractivity contribution in [2.75, 3.05) is 38.1 Å². The molecule has 1 atom stereocenters. The summed E-state index contributed by atoms with van der Waals surface area (Å²) < 4.78 is 0. The van der Waals surface area contributed by atoms with Crippen LogP contribution in [-0.4, -0.2) is 65.0 Å². The Morgan fingerprint density at radius 3 is 2.72 bits per heavy atom. The van der Waals surface area contributed by atoms with E-state index in [1.165, 1.54) is 0 Å². The Bertz CT molecular complexity index is 1170. The highest BCUT2D eigenvalue weighted by atomic mass is 16.1.